The molecule has 1 saturated heterocycles. The molecule has 33 heavy (non-hydrogen) atoms. The second kappa shape index (κ2) is 8.57. The lowest BCUT2D eigenvalue weighted by molar-refractivity contribution is 0.0704. The summed E-state index contributed by atoms with van der Waals surface area (Å²) >= 11 is 0. The molecule has 168 valence electrons. The Labute approximate surface area is 189 Å². The summed E-state index contributed by atoms with van der Waals surface area (Å²) in [6, 6.07) is 13.6. The molecule has 1 amide bonds. The highest BCUT2D eigenvalue weighted by atomic mass is 19.1. The molecule has 2 aromatic carbocycles. The Morgan fingerprint density at radius 2 is 1.97 bits per heavy atom. The summed E-state index contributed by atoms with van der Waals surface area (Å²) in [6.45, 7) is 3.38. The Morgan fingerprint density at radius 1 is 1.18 bits per heavy atom. The van der Waals surface area contributed by atoms with Crippen LogP contribution in [-0.4, -0.2) is 48.9 Å². The molecule has 0 radical (unpaired) electrons. The fourth-order valence-corrected chi connectivity index (χ4v) is 4.31. The number of halogens is 1. The number of piperidine rings is 1. The maximum Gasteiger partial charge on any atom is 0.281 e. The molecule has 1 aliphatic rings. The number of nitrogens with zero attached hydrogens (tertiary/aromatic N) is 5. The zero-order chi connectivity index (χ0) is 22.9. The molecule has 2 aromatic heterocycles. The average molecular weight is 446 g/mol. The van der Waals surface area contributed by atoms with E-state index in [1.807, 2.05) is 36.1 Å². The predicted molar refractivity (Wildman–Crippen MR) is 121 cm³/mol. The van der Waals surface area contributed by atoms with Crippen molar-refractivity contribution in [3.63, 3.8) is 0 Å². The first kappa shape index (κ1) is 21.0. The van der Waals surface area contributed by atoms with Crippen LogP contribution < -0.4 is 5.56 Å². The number of amides is 1. The maximum atomic E-state index is 13.2. The number of aromatic amines is 1. The van der Waals surface area contributed by atoms with Crippen LogP contribution >= 0.6 is 0 Å². The molecule has 1 N–H and O–H groups in total. The monoisotopic (exact) mass is 446 g/mol. The molecular weight excluding hydrogens is 423 g/mol. The quantitative estimate of drug-likeness (QED) is 0.520. The van der Waals surface area contributed by atoms with E-state index in [1.54, 1.807) is 16.8 Å². The van der Waals surface area contributed by atoms with Gasteiger partial charge in [-0.05, 0) is 49.1 Å². The minimum atomic E-state index is -0.359. The van der Waals surface area contributed by atoms with Gasteiger partial charge in [0.05, 0.1) is 6.54 Å². The number of nitrogens with one attached hydrogen (secondary N) is 1. The Hall–Kier alpha value is -3.88. The van der Waals surface area contributed by atoms with Gasteiger partial charge in [0.2, 0.25) is 0 Å². The molecule has 3 heterocycles. The molecule has 1 fully saturated rings. The third-order valence-corrected chi connectivity index (χ3v) is 6.11. The molecule has 1 aliphatic heterocycles. The molecule has 0 bridgehead atoms. The number of carbonyl (C=O) groups is 1. The van der Waals surface area contributed by atoms with E-state index in [0.717, 1.165) is 24.0 Å². The van der Waals surface area contributed by atoms with Crippen molar-refractivity contribution in [2.24, 2.45) is 0 Å². The van der Waals surface area contributed by atoms with Crippen molar-refractivity contribution in [3.05, 3.63) is 87.2 Å². The summed E-state index contributed by atoms with van der Waals surface area (Å²) in [5.41, 5.74) is 2.62. The highest BCUT2D eigenvalue weighted by molar-refractivity contribution is 5.95. The van der Waals surface area contributed by atoms with E-state index in [9.17, 15) is 14.0 Å². The van der Waals surface area contributed by atoms with Crippen LogP contribution in [0.15, 0.2) is 53.3 Å². The topological polar surface area (TPSA) is 96.8 Å². The van der Waals surface area contributed by atoms with Gasteiger partial charge in [-0.15, -0.1) is 5.10 Å². The summed E-state index contributed by atoms with van der Waals surface area (Å²) < 4.78 is 14.8. The Bertz CT molecular complexity index is 1380. The van der Waals surface area contributed by atoms with Crippen molar-refractivity contribution in [3.8, 4) is 0 Å². The van der Waals surface area contributed by atoms with Gasteiger partial charge < -0.3 is 9.88 Å². The van der Waals surface area contributed by atoms with E-state index in [0.29, 0.717) is 36.7 Å². The van der Waals surface area contributed by atoms with Gasteiger partial charge in [-0.25, -0.2) is 14.1 Å². The third kappa shape index (κ3) is 4.13. The van der Waals surface area contributed by atoms with Gasteiger partial charge in [0, 0.05) is 24.6 Å². The Morgan fingerprint density at radius 3 is 2.76 bits per heavy atom. The van der Waals surface area contributed by atoms with E-state index >= 15 is 0 Å². The summed E-state index contributed by atoms with van der Waals surface area (Å²) in [6.07, 6.45) is 1.63. The minimum Gasteiger partial charge on any atom is -0.338 e. The van der Waals surface area contributed by atoms with Crippen molar-refractivity contribution in [1.82, 2.24) is 29.9 Å². The lowest BCUT2D eigenvalue weighted by atomic mass is 9.96. The summed E-state index contributed by atoms with van der Waals surface area (Å²) in [4.78, 5) is 35.2. The smallest absolute Gasteiger partial charge is 0.281 e. The van der Waals surface area contributed by atoms with Crippen LogP contribution in [0.3, 0.4) is 0 Å². The van der Waals surface area contributed by atoms with Gasteiger partial charge in [0.25, 0.3) is 11.5 Å². The van der Waals surface area contributed by atoms with Crippen molar-refractivity contribution < 1.29 is 9.18 Å². The number of hydrogen-bond acceptors (Lipinski definition) is 5. The lowest BCUT2D eigenvalue weighted by Crippen LogP contribution is -2.40. The second-order valence-electron chi connectivity index (χ2n) is 8.40. The van der Waals surface area contributed by atoms with Gasteiger partial charge in [0.15, 0.2) is 11.2 Å². The van der Waals surface area contributed by atoms with Crippen molar-refractivity contribution >= 4 is 17.1 Å². The number of H-pyrrole nitrogens is 1. The first-order valence-corrected chi connectivity index (χ1v) is 10.9. The van der Waals surface area contributed by atoms with Gasteiger partial charge in [-0.3, -0.25) is 9.59 Å². The van der Waals surface area contributed by atoms with Crippen LogP contribution in [-0.2, 0) is 6.54 Å². The van der Waals surface area contributed by atoms with E-state index in [4.69, 9.17) is 0 Å². The number of likely N-dealkylation sites (tertiary alicyclic amines) is 1. The standard InChI is InChI=1S/C24H23FN6O2/c1-15-5-2-3-7-19(15)24(33)30-12-4-6-17(14-30)21-26-22-20(23(32)27-21)28-29-31(22)13-16-8-10-18(25)11-9-16/h2-3,5,7-11,17H,4,6,12-14H2,1H3,(H,26,27,32)/t17-/m1/s1. The van der Waals surface area contributed by atoms with Crippen LogP contribution in [0.5, 0.6) is 0 Å². The number of carbonyl (C=O) groups excluding carboxylic acids is 1. The zero-order valence-corrected chi connectivity index (χ0v) is 18.2. The fourth-order valence-electron chi connectivity index (χ4n) is 4.31. The Balaban J connectivity index is 1.43. The van der Waals surface area contributed by atoms with E-state index < -0.39 is 0 Å². The molecule has 0 saturated carbocycles. The van der Waals surface area contributed by atoms with Crippen molar-refractivity contribution in [2.45, 2.75) is 32.2 Å². The molecule has 0 unspecified atom stereocenters. The number of hydrogen-bond donors (Lipinski definition) is 1. The molecular formula is C24H23FN6O2. The van der Waals surface area contributed by atoms with Crippen LogP contribution in [0.1, 0.15) is 46.1 Å². The summed E-state index contributed by atoms with van der Waals surface area (Å²) in [7, 11) is 0. The Kier molecular flexibility index (Phi) is 5.45. The van der Waals surface area contributed by atoms with Gasteiger partial charge in [0.1, 0.15) is 11.6 Å². The molecule has 5 rings (SSSR count). The number of rotatable bonds is 4. The van der Waals surface area contributed by atoms with Crippen LogP contribution in [0, 0.1) is 12.7 Å². The molecule has 4 aromatic rings. The largest absolute Gasteiger partial charge is 0.338 e. The SMILES string of the molecule is Cc1ccccc1C(=O)N1CCC[C@@H](c2nc3c(nnn3Cc3ccc(F)cc3)c(=O)[nH]2)C1. The second-order valence-corrected chi connectivity index (χ2v) is 8.40. The first-order chi connectivity index (χ1) is 16.0. The number of fused-ring (bicyclic) bond motifs is 1. The van der Waals surface area contributed by atoms with Gasteiger partial charge in [-0.1, -0.05) is 35.5 Å². The summed E-state index contributed by atoms with van der Waals surface area (Å²) in [5, 5.41) is 8.06. The highest BCUT2D eigenvalue weighted by Crippen LogP contribution is 2.26. The molecule has 9 heteroatoms. The van der Waals surface area contributed by atoms with Gasteiger partial charge in [-0.2, -0.15) is 0 Å². The van der Waals surface area contributed by atoms with Crippen LogP contribution in [0.2, 0.25) is 0 Å². The number of aromatic nitrogens is 5. The number of benzene rings is 2. The molecule has 8 nitrogen and oxygen atoms in total. The third-order valence-electron chi connectivity index (χ3n) is 6.11. The van der Waals surface area contributed by atoms with E-state index in [1.165, 1.54) is 12.1 Å². The minimum absolute atomic E-state index is 0.00996. The molecule has 0 spiro atoms. The van der Waals surface area contributed by atoms with Crippen molar-refractivity contribution in [1.29, 1.82) is 0 Å². The maximum absolute atomic E-state index is 13.2. The van der Waals surface area contributed by atoms with E-state index in [2.05, 4.69) is 20.3 Å². The normalized spacial score (nSPS) is 16.3. The fraction of sp³-hybridized carbons (Fsp3) is 0.292. The zero-order valence-electron chi connectivity index (χ0n) is 18.2. The highest BCUT2D eigenvalue weighted by Gasteiger charge is 2.28. The van der Waals surface area contributed by atoms with E-state index in [-0.39, 0.29) is 28.7 Å². The van der Waals surface area contributed by atoms with Crippen LogP contribution in [0.25, 0.3) is 11.2 Å². The van der Waals surface area contributed by atoms with Gasteiger partial charge >= 0.3 is 0 Å². The summed E-state index contributed by atoms with van der Waals surface area (Å²) in [5.74, 6) is 0.0980. The molecule has 1 atom stereocenters. The average Bonchev–Trinajstić information content (AvgIpc) is 3.24. The van der Waals surface area contributed by atoms with Crippen LogP contribution in [0.4, 0.5) is 4.39 Å². The molecule has 0 aliphatic carbocycles. The number of aryl methyl sites for hydroxylation is 1. The first-order valence-electron chi connectivity index (χ1n) is 10.9. The predicted octanol–water partition coefficient (Wildman–Crippen LogP) is 3.03. The lowest BCUT2D eigenvalue weighted by Gasteiger charge is -2.32. The van der Waals surface area contributed by atoms with Crippen molar-refractivity contribution in [2.75, 3.05) is 13.1 Å².